The van der Waals surface area contributed by atoms with Gasteiger partial charge in [0, 0.05) is 24.5 Å². The van der Waals surface area contributed by atoms with E-state index >= 15 is 0 Å². The molecule has 0 spiro atoms. The monoisotopic (exact) mass is 188 g/mol. The summed E-state index contributed by atoms with van der Waals surface area (Å²) in [6.07, 6.45) is 3.64. The van der Waals surface area contributed by atoms with Crippen LogP contribution in [0.3, 0.4) is 0 Å². The van der Waals surface area contributed by atoms with E-state index in [1.807, 2.05) is 0 Å². The Morgan fingerprint density at radius 1 is 1.17 bits per heavy atom. The van der Waals surface area contributed by atoms with Gasteiger partial charge in [-0.05, 0) is 25.7 Å². The fraction of sp³-hybridized carbons (Fsp3) is 1.00. The van der Waals surface area contributed by atoms with Crippen LogP contribution in [0.15, 0.2) is 0 Å². The lowest BCUT2D eigenvalue weighted by Gasteiger charge is -2.42. The lowest BCUT2D eigenvalue weighted by atomic mass is 9.89. The highest BCUT2D eigenvalue weighted by molar-refractivity contribution is 6.21. The van der Waals surface area contributed by atoms with Gasteiger partial charge in [-0.3, -0.25) is 0 Å². The van der Waals surface area contributed by atoms with Crippen LogP contribution in [0.5, 0.6) is 0 Å². The molecule has 0 amide bonds. The third kappa shape index (κ3) is 1.76. The Labute approximate surface area is 78.5 Å². The van der Waals surface area contributed by atoms with E-state index in [0.29, 0.717) is 11.4 Å². The number of rotatable bonds is 1. The highest BCUT2D eigenvalue weighted by atomic mass is 35.5. The summed E-state index contributed by atoms with van der Waals surface area (Å²) in [4.78, 5) is 2.44. The van der Waals surface area contributed by atoms with Gasteiger partial charge in [0.25, 0.3) is 0 Å². The lowest BCUT2D eigenvalue weighted by Crippen LogP contribution is -2.49. The molecule has 0 atom stereocenters. The van der Waals surface area contributed by atoms with Crippen LogP contribution in [-0.2, 0) is 5.11 Å². The van der Waals surface area contributed by atoms with Crippen LogP contribution in [0.4, 0.5) is 0 Å². The van der Waals surface area contributed by atoms with E-state index in [0.717, 1.165) is 38.8 Å². The molecular formula is C9H15ClNO. The molecule has 1 heterocycles. The van der Waals surface area contributed by atoms with Crippen molar-refractivity contribution in [3.05, 3.63) is 0 Å². The van der Waals surface area contributed by atoms with Gasteiger partial charge in [0.1, 0.15) is 0 Å². The Kier molecular flexibility index (Phi) is 2.58. The number of hydrogen-bond donors (Lipinski definition) is 0. The molecule has 0 aromatic carbocycles. The first-order chi connectivity index (χ1) is 5.75. The van der Waals surface area contributed by atoms with Crippen molar-refractivity contribution in [2.24, 2.45) is 0 Å². The zero-order valence-electron chi connectivity index (χ0n) is 7.21. The largest absolute Gasteiger partial charge is 0.300 e. The van der Waals surface area contributed by atoms with Crippen LogP contribution in [0, 0.1) is 0 Å². The van der Waals surface area contributed by atoms with Crippen LogP contribution in [0.2, 0.25) is 0 Å². The average molecular weight is 189 g/mol. The smallest absolute Gasteiger partial charge is 0.0954 e. The lowest BCUT2D eigenvalue weighted by molar-refractivity contribution is 0.00312. The maximum absolute atomic E-state index is 11.0. The molecule has 1 aliphatic carbocycles. The predicted octanol–water partition coefficient (Wildman–Crippen LogP) is 1.65. The van der Waals surface area contributed by atoms with Gasteiger partial charge in [-0.2, -0.15) is 0 Å². The summed E-state index contributed by atoms with van der Waals surface area (Å²) in [7, 11) is 0. The SMILES string of the molecule is [O]C1CCN(C2CC(Cl)C2)CC1. The number of hydrogen-bond acceptors (Lipinski definition) is 1. The third-order valence-electron chi connectivity index (χ3n) is 3.05. The average Bonchev–Trinajstić information content (AvgIpc) is 2.01. The molecule has 0 unspecified atom stereocenters. The Bertz CT molecular complexity index is 151. The van der Waals surface area contributed by atoms with E-state index in [1.165, 1.54) is 0 Å². The van der Waals surface area contributed by atoms with Gasteiger partial charge in [0.05, 0.1) is 6.10 Å². The standard InChI is InChI=1S/C9H15ClNO/c10-7-5-8(6-7)11-3-1-9(12)2-4-11/h7-9H,1-6H2. The van der Waals surface area contributed by atoms with E-state index in [9.17, 15) is 5.11 Å². The van der Waals surface area contributed by atoms with Crippen molar-refractivity contribution >= 4 is 11.6 Å². The van der Waals surface area contributed by atoms with Crippen LogP contribution >= 0.6 is 11.6 Å². The first kappa shape index (κ1) is 8.79. The topological polar surface area (TPSA) is 23.1 Å². The van der Waals surface area contributed by atoms with E-state index in [2.05, 4.69) is 4.90 Å². The molecule has 1 radical (unpaired) electrons. The molecule has 2 rings (SSSR count). The van der Waals surface area contributed by atoms with Crippen molar-refractivity contribution < 1.29 is 5.11 Å². The van der Waals surface area contributed by atoms with Gasteiger partial charge in [-0.15, -0.1) is 11.6 Å². The molecule has 3 heteroatoms. The van der Waals surface area contributed by atoms with Crippen molar-refractivity contribution in [2.75, 3.05) is 13.1 Å². The fourth-order valence-corrected chi connectivity index (χ4v) is 2.47. The second-order valence-electron chi connectivity index (χ2n) is 3.96. The summed E-state index contributed by atoms with van der Waals surface area (Å²) in [5.41, 5.74) is 0. The fourth-order valence-electron chi connectivity index (χ4n) is 2.06. The molecule has 1 saturated carbocycles. The van der Waals surface area contributed by atoms with E-state index in [-0.39, 0.29) is 6.10 Å². The highest BCUT2D eigenvalue weighted by Crippen LogP contribution is 2.31. The van der Waals surface area contributed by atoms with Crippen LogP contribution in [-0.4, -0.2) is 35.5 Å². The second kappa shape index (κ2) is 3.52. The summed E-state index contributed by atoms with van der Waals surface area (Å²) in [6, 6.07) is 0.694. The number of halogens is 1. The summed E-state index contributed by atoms with van der Waals surface area (Å²) in [5.74, 6) is 0. The molecular weight excluding hydrogens is 174 g/mol. The molecule has 0 aromatic rings. The van der Waals surface area contributed by atoms with Crippen molar-refractivity contribution in [3.8, 4) is 0 Å². The summed E-state index contributed by atoms with van der Waals surface area (Å²) in [5, 5.41) is 11.4. The molecule has 0 aromatic heterocycles. The summed E-state index contributed by atoms with van der Waals surface area (Å²) >= 11 is 5.90. The van der Waals surface area contributed by atoms with Gasteiger partial charge < -0.3 is 4.90 Å². The third-order valence-corrected chi connectivity index (χ3v) is 3.40. The molecule has 0 bridgehead atoms. The van der Waals surface area contributed by atoms with Gasteiger partial charge in [0.15, 0.2) is 0 Å². The maximum atomic E-state index is 11.0. The molecule has 69 valence electrons. The van der Waals surface area contributed by atoms with Gasteiger partial charge in [-0.1, -0.05) is 0 Å². The maximum Gasteiger partial charge on any atom is 0.0954 e. The summed E-state index contributed by atoms with van der Waals surface area (Å²) < 4.78 is 0. The molecule has 1 aliphatic heterocycles. The minimum atomic E-state index is -0.298. The minimum Gasteiger partial charge on any atom is -0.300 e. The number of likely N-dealkylation sites (tertiary alicyclic amines) is 1. The molecule has 0 N–H and O–H groups in total. The van der Waals surface area contributed by atoms with Gasteiger partial charge in [-0.25, -0.2) is 5.11 Å². The number of nitrogens with zero attached hydrogens (tertiary/aromatic N) is 1. The first-order valence-electron chi connectivity index (χ1n) is 4.79. The van der Waals surface area contributed by atoms with Gasteiger partial charge in [0.2, 0.25) is 0 Å². The van der Waals surface area contributed by atoms with Gasteiger partial charge >= 0.3 is 0 Å². The normalized spacial score (nSPS) is 39.5. The number of alkyl halides is 1. The van der Waals surface area contributed by atoms with Crippen molar-refractivity contribution in [3.63, 3.8) is 0 Å². The first-order valence-corrected chi connectivity index (χ1v) is 5.23. The molecule has 2 nitrogen and oxygen atoms in total. The summed E-state index contributed by atoms with van der Waals surface area (Å²) in [6.45, 7) is 2.00. The molecule has 2 aliphatic rings. The zero-order valence-corrected chi connectivity index (χ0v) is 7.96. The van der Waals surface area contributed by atoms with E-state index in [1.54, 1.807) is 0 Å². The Morgan fingerprint density at radius 3 is 2.25 bits per heavy atom. The predicted molar refractivity (Wildman–Crippen MR) is 47.9 cm³/mol. The Balaban J connectivity index is 1.75. The van der Waals surface area contributed by atoms with Crippen LogP contribution in [0.1, 0.15) is 25.7 Å². The van der Waals surface area contributed by atoms with Crippen molar-refractivity contribution in [1.29, 1.82) is 0 Å². The van der Waals surface area contributed by atoms with Crippen LogP contribution in [0.25, 0.3) is 0 Å². The highest BCUT2D eigenvalue weighted by Gasteiger charge is 2.33. The van der Waals surface area contributed by atoms with E-state index in [4.69, 9.17) is 11.6 Å². The Hall–Kier alpha value is 0.210. The molecule has 2 fully saturated rings. The van der Waals surface area contributed by atoms with E-state index < -0.39 is 0 Å². The molecule has 12 heavy (non-hydrogen) atoms. The Morgan fingerprint density at radius 2 is 1.75 bits per heavy atom. The van der Waals surface area contributed by atoms with Crippen LogP contribution < -0.4 is 0 Å². The van der Waals surface area contributed by atoms with Crippen molar-refractivity contribution in [1.82, 2.24) is 4.90 Å². The minimum absolute atomic E-state index is 0.298. The zero-order chi connectivity index (χ0) is 8.55. The number of piperidine rings is 1. The molecule has 1 saturated heterocycles. The van der Waals surface area contributed by atoms with Crippen molar-refractivity contribution in [2.45, 2.75) is 43.2 Å². The second-order valence-corrected chi connectivity index (χ2v) is 4.58. The quantitative estimate of drug-likeness (QED) is 0.574.